The second-order valence-electron chi connectivity index (χ2n) is 5.01. The minimum absolute atomic E-state index is 0. The van der Waals surface area contributed by atoms with Crippen LogP contribution in [-0.4, -0.2) is 62.7 Å². The summed E-state index contributed by atoms with van der Waals surface area (Å²) in [6.45, 7) is 2.23. The lowest BCUT2D eigenvalue weighted by atomic mass is 10.2. The third kappa shape index (κ3) is 6.91. The number of methoxy groups -OCH3 is 1. The highest BCUT2D eigenvalue weighted by molar-refractivity contribution is 5.85. The standard InChI is InChI=1S/C15H25N3O2.ClH/c1-17(2)9-10-18(15(19)14(11-16)20-3)12-13-7-5-4-6-8-13;/h4-8,14H,9-12,16H2,1-3H3;1H. The third-order valence-electron chi connectivity index (χ3n) is 3.12. The minimum Gasteiger partial charge on any atom is -0.370 e. The molecule has 1 unspecified atom stereocenters. The molecule has 1 amide bonds. The highest BCUT2D eigenvalue weighted by Crippen LogP contribution is 2.07. The summed E-state index contributed by atoms with van der Waals surface area (Å²) in [5, 5.41) is 0. The first-order chi connectivity index (χ1) is 9.58. The van der Waals surface area contributed by atoms with E-state index in [1.807, 2.05) is 44.4 Å². The van der Waals surface area contributed by atoms with Crippen molar-refractivity contribution < 1.29 is 9.53 Å². The number of nitrogens with two attached hydrogens (primary N) is 1. The van der Waals surface area contributed by atoms with Gasteiger partial charge in [0.05, 0.1) is 0 Å². The first kappa shape index (κ1) is 19.9. The van der Waals surface area contributed by atoms with Crippen LogP contribution in [0.4, 0.5) is 0 Å². The maximum absolute atomic E-state index is 12.4. The molecule has 1 rings (SSSR count). The monoisotopic (exact) mass is 315 g/mol. The summed E-state index contributed by atoms with van der Waals surface area (Å²) in [4.78, 5) is 16.3. The molecule has 0 aliphatic heterocycles. The van der Waals surface area contributed by atoms with E-state index >= 15 is 0 Å². The van der Waals surface area contributed by atoms with Crippen molar-refractivity contribution >= 4 is 18.3 Å². The van der Waals surface area contributed by atoms with Crippen LogP contribution in [0.1, 0.15) is 5.56 Å². The Labute approximate surface area is 133 Å². The average Bonchev–Trinajstić information content (AvgIpc) is 2.45. The minimum atomic E-state index is -0.569. The van der Waals surface area contributed by atoms with Gasteiger partial charge in [-0.25, -0.2) is 0 Å². The molecule has 21 heavy (non-hydrogen) atoms. The number of halogens is 1. The van der Waals surface area contributed by atoms with Crippen molar-refractivity contribution in [3.8, 4) is 0 Å². The van der Waals surface area contributed by atoms with Crippen molar-refractivity contribution in [2.75, 3.05) is 40.8 Å². The van der Waals surface area contributed by atoms with E-state index in [-0.39, 0.29) is 24.9 Å². The van der Waals surface area contributed by atoms with Crippen LogP contribution in [-0.2, 0) is 16.1 Å². The van der Waals surface area contributed by atoms with Gasteiger partial charge in [-0.15, -0.1) is 12.4 Å². The molecule has 0 aliphatic rings. The fraction of sp³-hybridized carbons (Fsp3) is 0.533. The molecule has 120 valence electrons. The predicted octanol–water partition coefficient (Wildman–Crippen LogP) is 0.972. The van der Waals surface area contributed by atoms with Gasteiger partial charge < -0.3 is 20.3 Å². The van der Waals surface area contributed by atoms with Crippen molar-refractivity contribution in [2.24, 2.45) is 5.73 Å². The number of likely N-dealkylation sites (N-methyl/N-ethyl adjacent to an activating group) is 1. The number of carbonyl (C=O) groups excluding carboxylic acids is 1. The quantitative estimate of drug-likeness (QED) is 0.776. The number of amides is 1. The number of nitrogens with zero attached hydrogens (tertiary/aromatic N) is 2. The van der Waals surface area contributed by atoms with Crippen LogP contribution in [0.25, 0.3) is 0 Å². The van der Waals surface area contributed by atoms with Gasteiger partial charge in [-0.1, -0.05) is 30.3 Å². The number of hydrogen-bond acceptors (Lipinski definition) is 4. The molecule has 0 heterocycles. The van der Waals surface area contributed by atoms with Gasteiger partial charge in [0, 0.05) is 33.3 Å². The Hall–Kier alpha value is -1.14. The lowest BCUT2D eigenvalue weighted by molar-refractivity contribution is -0.142. The number of benzene rings is 1. The molecule has 1 aromatic rings. The Kier molecular flexibility index (Phi) is 9.99. The molecule has 0 radical (unpaired) electrons. The van der Waals surface area contributed by atoms with Crippen LogP contribution in [0.3, 0.4) is 0 Å². The number of rotatable bonds is 8. The highest BCUT2D eigenvalue weighted by Gasteiger charge is 2.22. The zero-order valence-electron chi connectivity index (χ0n) is 13.0. The SMILES string of the molecule is COC(CN)C(=O)N(CCN(C)C)Cc1ccccc1.Cl. The summed E-state index contributed by atoms with van der Waals surface area (Å²) in [5.41, 5.74) is 6.69. The van der Waals surface area contributed by atoms with E-state index in [4.69, 9.17) is 10.5 Å². The van der Waals surface area contributed by atoms with Crippen molar-refractivity contribution in [1.82, 2.24) is 9.80 Å². The number of hydrogen-bond donors (Lipinski definition) is 1. The van der Waals surface area contributed by atoms with Crippen molar-refractivity contribution in [1.29, 1.82) is 0 Å². The zero-order valence-corrected chi connectivity index (χ0v) is 13.8. The molecule has 0 saturated heterocycles. The van der Waals surface area contributed by atoms with E-state index in [0.717, 1.165) is 12.1 Å². The maximum Gasteiger partial charge on any atom is 0.253 e. The van der Waals surface area contributed by atoms with Gasteiger partial charge in [-0.05, 0) is 19.7 Å². The first-order valence-electron chi connectivity index (χ1n) is 6.78. The van der Waals surface area contributed by atoms with E-state index in [1.165, 1.54) is 7.11 Å². The van der Waals surface area contributed by atoms with Gasteiger partial charge >= 0.3 is 0 Å². The largest absolute Gasteiger partial charge is 0.370 e. The van der Waals surface area contributed by atoms with Crippen LogP contribution < -0.4 is 5.73 Å². The zero-order chi connectivity index (χ0) is 15.0. The van der Waals surface area contributed by atoms with Gasteiger partial charge in [-0.3, -0.25) is 4.79 Å². The Bertz CT molecular complexity index is 397. The van der Waals surface area contributed by atoms with Crippen molar-refractivity contribution in [2.45, 2.75) is 12.6 Å². The topological polar surface area (TPSA) is 58.8 Å². The molecule has 0 fully saturated rings. The molecule has 5 nitrogen and oxygen atoms in total. The fourth-order valence-corrected chi connectivity index (χ4v) is 1.89. The molecular formula is C15H26ClN3O2. The molecule has 0 aromatic heterocycles. The summed E-state index contributed by atoms with van der Waals surface area (Å²) in [6.07, 6.45) is -0.569. The maximum atomic E-state index is 12.4. The predicted molar refractivity (Wildman–Crippen MR) is 87.5 cm³/mol. The van der Waals surface area contributed by atoms with E-state index < -0.39 is 6.10 Å². The Balaban J connectivity index is 0.00000400. The van der Waals surface area contributed by atoms with E-state index in [0.29, 0.717) is 13.1 Å². The molecule has 1 atom stereocenters. The van der Waals surface area contributed by atoms with Crippen LogP contribution in [0.2, 0.25) is 0 Å². The van der Waals surface area contributed by atoms with Crippen LogP contribution in [0.15, 0.2) is 30.3 Å². The van der Waals surface area contributed by atoms with Crippen LogP contribution in [0.5, 0.6) is 0 Å². The summed E-state index contributed by atoms with van der Waals surface area (Å²) < 4.78 is 5.16. The molecule has 0 saturated carbocycles. The second kappa shape index (κ2) is 10.6. The van der Waals surface area contributed by atoms with Crippen molar-refractivity contribution in [3.63, 3.8) is 0 Å². The lowest BCUT2D eigenvalue weighted by Gasteiger charge is -2.27. The molecule has 6 heteroatoms. The second-order valence-corrected chi connectivity index (χ2v) is 5.01. The van der Waals surface area contributed by atoms with Crippen LogP contribution >= 0.6 is 12.4 Å². The first-order valence-corrected chi connectivity index (χ1v) is 6.78. The summed E-state index contributed by atoms with van der Waals surface area (Å²) in [7, 11) is 5.49. The van der Waals surface area contributed by atoms with Crippen molar-refractivity contribution in [3.05, 3.63) is 35.9 Å². The molecule has 0 bridgehead atoms. The molecular weight excluding hydrogens is 290 g/mol. The average molecular weight is 316 g/mol. The normalized spacial score (nSPS) is 11.9. The van der Waals surface area contributed by atoms with Gasteiger partial charge in [0.15, 0.2) is 0 Å². The Morgan fingerprint density at radius 3 is 2.33 bits per heavy atom. The summed E-state index contributed by atoms with van der Waals surface area (Å²) in [6, 6.07) is 9.94. The van der Waals surface area contributed by atoms with Gasteiger partial charge in [-0.2, -0.15) is 0 Å². The molecule has 1 aromatic carbocycles. The van der Waals surface area contributed by atoms with Crippen LogP contribution in [0, 0.1) is 0 Å². The summed E-state index contributed by atoms with van der Waals surface area (Å²) in [5.74, 6) is -0.0549. The fourth-order valence-electron chi connectivity index (χ4n) is 1.89. The van der Waals surface area contributed by atoms with E-state index in [1.54, 1.807) is 4.90 Å². The molecule has 0 spiro atoms. The smallest absolute Gasteiger partial charge is 0.253 e. The third-order valence-corrected chi connectivity index (χ3v) is 3.12. The Morgan fingerprint density at radius 1 is 1.24 bits per heavy atom. The summed E-state index contributed by atoms with van der Waals surface area (Å²) >= 11 is 0. The lowest BCUT2D eigenvalue weighted by Crippen LogP contribution is -2.45. The van der Waals surface area contributed by atoms with Gasteiger partial charge in [0.2, 0.25) is 0 Å². The number of carbonyl (C=O) groups is 1. The number of ether oxygens (including phenoxy) is 1. The molecule has 0 aliphatic carbocycles. The highest BCUT2D eigenvalue weighted by atomic mass is 35.5. The van der Waals surface area contributed by atoms with E-state index in [2.05, 4.69) is 4.90 Å². The van der Waals surface area contributed by atoms with E-state index in [9.17, 15) is 4.79 Å². The molecule has 2 N–H and O–H groups in total. The Morgan fingerprint density at radius 2 is 1.86 bits per heavy atom. The van der Waals surface area contributed by atoms with Gasteiger partial charge in [0.25, 0.3) is 5.91 Å². The van der Waals surface area contributed by atoms with Gasteiger partial charge in [0.1, 0.15) is 6.10 Å².